The number of methoxy groups -OCH3 is 1. The van der Waals surface area contributed by atoms with Crippen LogP contribution in [0.1, 0.15) is 19.8 Å². The van der Waals surface area contributed by atoms with Gasteiger partial charge in [0.2, 0.25) is 0 Å². The van der Waals surface area contributed by atoms with Crippen molar-refractivity contribution in [3.63, 3.8) is 0 Å². The van der Waals surface area contributed by atoms with Gasteiger partial charge in [-0.2, -0.15) is 0 Å². The minimum atomic E-state index is -0.113. The molecular formula is C18H29ClN2O4. The molecule has 0 atom stereocenters. The van der Waals surface area contributed by atoms with Crippen molar-refractivity contribution in [3.05, 3.63) is 24.3 Å². The summed E-state index contributed by atoms with van der Waals surface area (Å²) in [7, 11) is 1.71. The lowest BCUT2D eigenvalue weighted by Crippen LogP contribution is -2.47. The molecule has 0 aliphatic carbocycles. The Bertz CT molecular complexity index is 499. The number of hydrogen-bond donors (Lipinski definition) is 2. The molecule has 2 rings (SSSR count). The normalized spacial score (nSPS) is 15.8. The molecule has 7 heteroatoms. The molecule has 1 aliphatic rings. The molecule has 0 spiro atoms. The van der Waals surface area contributed by atoms with Crippen LogP contribution >= 0.6 is 12.4 Å². The van der Waals surface area contributed by atoms with Crippen LogP contribution in [0.3, 0.4) is 0 Å². The van der Waals surface area contributed by atoms with Crippen molar-refractivity contribution in [1.82, 2.24) is 10.6 Å². The quantitative estimate of drug-likeness (QED) is 0.694. The molecular weight excluding hydrogens is 344 g/mol. The third-order valence-corrected chi connectivity index (χ3v) is 4.28. The molecule has 2 N–H and O–H groups in total. The van der Waals surface area contributed by atoms with Crippen molar-refractivity contribution in [2.45, 2.75) is 19.8 Å². The van der Waals surface area contributed by atoms with E-state index in [2.05, 4.69) is 10.6 Å². The van der Waals surface area contributed by atoms with Crippen molar-refractivity contribution in [2.75, 3.05) is 46.6 Å². The number of piperidine rings is 1. The van der Waals surface area contributed by atoms with Crippen LogP contribution in [-0.2, 0) is 9.53 Å². The fraction of sp³-hybridized carbons (Fsp3) is 0.611. The minimum absolute atomic E-state index is 0. The Morgan fingerprint density at radius 1 is 1.16 bits per heavy atom. The first-order valence-corrected chi connectivity index (χ1v) is 8.49. The Balaban J connectivity index is 0.00000312. The molecule has 0 unspecified atom stereocenters. The number of carbonyl (C=O) groups is 1. The molecule has 0 radical (unpaired) electrons. The topological polar surface area (TPSA) is 68.8 Å². The maximum atomic E-state index is 12.1. The van der Waals surface area contributed by atoms with Gasteiger partial charge in [0.25, 0.3) is 5.91 Å². The van der Waals surface area contributed by atoms with E-state index in [0.29, 0.717) is 25.5 Å². The number of halogens is 1. The van der Waals surface area contributed by atoms with Crippen LogP contribution in [0.15, 0.2) is 24.3 Å². The standard InChI is InChI=1S/C18H28N2O4.ClH/c1-3-23-15-4-6-16(7-5-15)24-12-17(21)20-13-18(14-22-2)8-10-19-11-9-18;/h4-7,19H,3,8-14H2,1-2H3,(H,20,21);1H. The molecule has 1 heterocycles. The Labute approximate surface area is 156 Å². The Kier molecular flexibility index (Phi) is 9.63. The molecule has 6 nitrogen and oxygen atoms in total. The second kappa shape index (κ2) is 11.2. The molecule has 1 saturated heterocycles. The molecule has 0 aromatic heterocycles. The van der Waals surface area contributed by atoms with Crippen molar-refractivity contribution in [1.29, 1.82) is 0 Å². The van der Waals surface area contributed by atoms with Gasteiger partial charge in [-0.1, -0.05) is 0 Å². The predicted octanol–water partition coefficient (Wildman–Crippen LogP) is 2.02. The van der Waals surface area contributed by atoms with Crippen LogP contribution in [0.2, 0.25) is 0 Å². The number of amides is 1. The van der Waals surface area contributed by atoms with Gasteiger partial charge in [0, 0.05) is 19.1 Å². The summed E-state index contributed by atoms with van der Waals surface area (Å²) in [6.45, 7) is 5.77. The van der Waals surface area contributed by atoms with Gasteiger partial charge in [0.1, 0.15) is 11.5 Å². The molecule has 0 saturated carbocycles. The van der Waals surface area contributed by atoms with E-state index in [1.807, 2.05) is 19.1 Å². The van der Waals surface area contributed by atoms with Crippen molar-refractivity contribution in [3.8, 4) is 11.5 Å². The van der Waals surface area contributed by atoms with Crippen LogP contribution < -0.4 is 20.1 Å². The highest BCUT2D eigenvalue weighted by molar-refractivity contribution is 5.85. The molecule has 1 aromatic rings. The Morgan fingerprint density at radius 2 is 1.76 bits per heavy atom. The average molecular weight is 373 g/mol. The Morgan fingerprint density at radius 3 is 2.32 bits per heavy atom. The summed E-state index contributed by atoms with van der Waals surface area (Å²) in [5, 5.41) is 6.33. The van der Waals surface area contributed by atoms with E-state index in [1.54, 1.807) is 19.2 Å². The highest BCUT2D eigenvalue weighted by Gasteiger charge is 2.32. The monoisotopic (exact) mass is 372 g/mol. The maximum Gasteiger partial charge on any atom is 0.257 e. The summed E-state index contributed by atoms with van der Waals surface area (Å²) in [4.78, 5) is 12.1. The summed E-state index contributed by atoms with van der Waals surface area (Å²) < 4.78 is 16.3. The van der Waals surface area contributed by atoms with Crippen molar-refractivity contribution >= 4 is 18.3 Å². The predicted molar refractivity (Wildman–Crippen MR) is 99.8 cm³/mol. The first-order valence-electron chi connectivity index (χ1n) is 8.49. The lowest BCUT2D eigenvalue weighted by atomic mass is 9.79. The van der Waals surface area contributed by atoms with Gasteiger partial charge in [0.15, 0.2) is 6.61 Å². The zero-order chi connectivity index (χ0) is 17.3. The second-order valence-electron chi connectivity index (χ2n) is 6.15. The van der Waals surface area contributed by atoms with E-state index < -0.39 is 0 Å². The van der Waals surface area contributed by atoms with Gasteiger partial charge >= 0.3 is 0 Å². The lowest BCUT2D eigenvalue weighted by molar-refractivity contribution is -0.124. The SMILES string of the molecule is CCOc1ccc(OCC(=O)NCC2(COC)CCNCC2)cc1.Cl. The molecule has 1 aromatic carbocycles. The summed E-state index contributed by atoms with van der Waals surface area (Å²) >= 11 is 0. The molecule has 1 fully saturated rings. The smallest absolute Gasteiger partial charge is 0.257 e. The highest BCUT2D eigenvalue weighted by Crippen LogP contribution is 2.28. The summed E-state index contributed by atoms with van der Waals surface area (Å²) in [5.41, 5.74) is 0.0226. The van der Waals surface area contributed by atoms with Gasteiger partial charge in [-0.05, 0) is 57.1 Å². The van der Waals surface area contributed by atoms with E-state index in [0.717, 1.165) is 31.7 Å². The molecule has 142 valence electrons. The largest absolute Gasteiger partial charge is 0.494 e. The van der Waals surface area contributed by atoms with Crippen LogP contribution in [-0.4, -0.2) is 52.5 Å². The van der Waals surface area contributed by atoms with E-state index in [1.165, 1.54) is 0 Å². The minimum Gasteiger partial charge on any atom is -0.494 e. The number of ether oxygens (including phenoxy) is 3. The van der Waals surface area contributed by atoms with Crippen LogP contribution in [0.25, 0.3) is 0 Å². The van der Waals surface area contributed by atoms with Gasteiger partial charge < -0.3 is 24.8 Å². The average Bonchev–Trinajstić information content (AvgIpc) is 2.61. The second-order valence-corrected chi connectivity index (χ2v) is 6.15. The van der Waals surface area contributed by atoms with E-state index in [-0.39, 0.29) is 30.3 Å². The third-order valence-electron chi connectivity index (χ3n) is 4.28. The van der Waals surface area contributed by atoms with Gasteiger partial charge in [-0.15, -0.1) is 12.4 Å². The van der Waals surface area contributed by atoms with Gasteiger partial charge in [-0.25, -0.2) is 0 Å². The maximum absolute atomic E-state index is 12.1. The number of rotatable bonds is 9. The fourth-order valence-corrected chi connectivity index (χ4v) is 2.92. The van der Waals surface area contributed by atoms with Gasteiger partial charge in [0.05, 0.1) is 13.2 Å². The first-order chi connectivity index (χ1) is 11.7. The summed E-state index contributed by atoms with van der Waals surface area (Å²) in [6, 6.07) is 7.27. The van der Waals surface area contributed by atoms with Crippen LogP contribution in [0.4, 0.5) is 0 Å². The summed E-state index contributed by atoms with van der Waals surface area (Å²) in [5.74, 6) is 1.33. The zero-order valence-corrected chi connectivity index (χ0v) is 15.8. The fourth-order valence-electron chi connectivity index (χ4n) is 2.92. The summed E-state index contributed by atoms with van der Waals surface area (Å²) in [6.07, 6.45) is 2.00. The number of benzene rings is 1. The van der Waals surface area contributed by atoms with Gasteiger partial charge in [-0.3, -0.25) is 4.79 Å². The van der Waals surface area contributed by atoms with Crippen LogP contribution in [0, 0.1) is 5.41 Å². The number of carbonyl (C=O) groups excluding carboxylic acids is 1. The van der Waals surface area contributed by atoms with Crippen LogP contribution in [0.5, 0.6) is 11.5 Å². The molecule has 1 aliphatic heterocycles. The molecule has 25 heavy (non-hydrogen) atoms. The first kappa shape index (κ1) is 21.5. The van der Waals surface area contributed by atoms with E-state index >= 15 is 0 Å². The lowest BCUT2D eigenvalue weighted by Gasteiger charge is -2.37. The van der Waals surface area contributed by atoms with E-state index in [4.69, 9.17) is 14.2 Å². The van der Waals surface area contributed by atoms with Crippen molar-refractivity contribution < 1.29 is 19.0 Å². The Hall–Kier alpha value is -1.50. The molecule has 0 bridgehead atoms. The third kappa shape index (κ3) is 7.10. The highest BCUT2D eigenvalue weighted by atomic mass is 35.5. The number of nitrogens with one attached hydrogen (secondary N) is 2. The molecule has 1 amide bonds. The van der Waals surface area contributed by atoms with E-state index in [9.17, 15) is 4.79 Å². The zero-order valence-electron chi connectivity index (χ0n) is 15.0. The van der Waals surface area contributed by atoms with Crippen molar-refractivity contribution in [2.24, 2.45) is 5.41 Å². The number of hydrogen-bond acceptors (Lipinski definition) is 5.